The van der Waals surface area contributed by atoms with Gasteiger partial charge in [0.25, 0.3) is 0 Å². The third-order valence-corrected chi connectivity index (χ3v) is 5.46. The number of hydrogen-bond acceptors (Lipinski definition) is 3. The molecule has 0 atom stereocenters. The van der Waals surface area contributed by atoms with E-state index in [0.29, 0.717) is 19.5 Å². The van der Waals surface area contributed by atoms with E-state index in [-0.39, 0.29) is 5.91 Å². The van der Waals surface area contributed by atoms with E-state index in [1.807, 2.05) is 18.7 Å². The van der Waals surface area contributed by atoms with E-state index < -0.39 is 0 Å². The van der Waals surface area contributed by atoms with E-state index >= 15 is 0 Å². The average Bonchev–Trinajstić information content (AvgIpc) is 2.74. The number of nitrogens with one attached hydrogen (secondary N) is 2. The summed E-state index contributed by atoms with van der Waals surface area (Å²) in [5.74, 6) is 0.956. The van der Waals surface area contributed by atoms with E-state index in [1.165, 1.54) is 43.5 Å². The fourth-order valence-electron chi connectivity index (χ4n) is 3.75. The summed E-state index contributed by atoms with van der Waals surface area (Å²) in [7, 11) is 0. The highest BCUT2D eigenvalue weighted by Gasteiger charge is 2.13. The lowest BCUT2D eigenvalue weighted by atomic mass is 10.1. The Kier molecular flexibility index (Phi) is 10.6. The number of rotatable bonds is 10. The van der Waals surface area contributed by atoms with Crippen molar-refractivity contribution in [3.8, 4) is 0 Å². The molecule has 6 heteroatoms. The van der Waals surface area contributed by atoms with E-state index in [4.69, 9.17) is 4.99 Å². The molecule has 1 aromatic rings. The molecular formula is C23H39N5O. The highest BCUT2D eigenvalue weighted by Crippen LogP contribution is 2.16. The summed E-state index contributed by atoms with van der Waals surface area (Å²) < 4.78 is 0. The SMILES string of the molecule is CCNC(=NCc1ccccc1CN1CCCCC1)NCCC(=O)N(CC)CC. The summed E-state index contributed by atoms with van der Waals surface area (Å²) in [6, 6.07) is 8.61. The predicted molar refractivity (Wildman–Crippen MR) is 121 cm³/mol. The standard InChI is InChI=1S/C23H39N5O/c1-4-24-23(25-15-14-22(29)28(5-2)6-3)26-18-20-12-8-9-13-21(20)19-27-16-10-7-11-17-27/h8-9,12-13H,4-7,10-11,14-19H2,1-3H3,(H2,24,25,26). The van der Waals surface area contributed by atoms with Crippen LogP contribution in [-0.4, -0.2) is 60.9 Å². The van der Waals surface area contributed by atoms with Crippen molar-refractivity contribution in [2.75, 3.05) is 39.3 Å². The summed E-state index contributed by atoms with van der Waals surface area (Å²) in [5, 5.41) is 6.59. The monoisotopic (exact) mass is 401 g/mol. The highest BCUT2D eigenvalue weighted by molar-refractivity contribution is 5.81. The Balaban J connectivity index is 1.92. The average molecular weight is 402 g/mol. The summed E-state index contributed by atoms with van der Waals surface area (Å²) in [4.78, 5) is 21.4. The van der Waals surface area contributed by atoms with Gasteiger partial charge in [0.15, 0.2) is 5.96 Å². The van der Waals surface area contributed by atoms with Crippen LogP contribution in [0, 0.1) is 0 Å². The van der Waals surface area contributed by atoms with Gasteiger partial charge in [-0.3, -0.25) is 9.69 Å². The van der Waals surface area contributed by atoms with Crippen molar-refractivity contribution in [1.29, 1.82) is 0 Å². The van der Waals surface area contributed by atoms with Gasteiger partial charge >= 0.3 is 0 Å². The van der Waals surface area contributed by atoms with Gasteiger partial charge in [-0.15, -0.1) is 0 Å². The number of benzene rings is 1. The normalized spacial score (nSPS) is 15.2. The van der Waals surface area contributed by atoms with Crippen molar-refractivity contribution in [3.05, 3.63) is 35.4 Å². The van der Waals surface area contributed by atoms with Gasteiger partial charge in [-0.1, -0.05) is 30.7 Å². The first-order valence-electron chi connectivity index (χ1n) is 11.3. The maximum atomic E-state index is 12.2. The Morgan fingerprint density at radius 1 is 1.03 bits per heavy atom. The van der Waals surface area contributed by atoms with Crippen LogP contribution in [0.3, 0.4) is 0 Å². The van der Waals surface area contributed by atoms with Gasteiger partial charge in [0.1, 0.15) is 0 Å². The van der Waals surface area contributed by atoms with Crippen LogP contribution in [0.25, 0.3) is 0 Å². The van der Waals surface area contributed by atoms with Crippen molar-refractivity contribution >= 4 is 11.9 Å². The molecule has 29 heavy (non-hydrogen) atoms. The highest BCUT2D eigenvalue weighted by atomic mass is 16.2. The predicted octanol–water partition coefficient (Wildman–Crippen LogP) is 2.99. The molecule has 0 aliphatic carbocycles. The second-order valence-electron chi connectivity index (χ2n) is 7.54. The summed E-state index contributed by atoms with van der Waals surface area (Å²) in [6.07, 6.45) is 4.45. The van der Waals surface area contributed by atoms with E-state index in [9.17, 15) is 4.79 Å². The Morgan fingerprint density at radius 2 is 1.72 bits per heavy atom. The van der Waals surface area contributed by atoms with Crippen molar-refractivity contribution in [1.82, 2.24) is 20.4 Å². The molecule has 0 bridgehead atoms. The van der Waals surface area contributed by atoms with Gasteiger partial charge in [-0.25, -0.2) is 4.99 Å². The van der Waals surface area contributed by atoms with Gasteiger partial charge in [0.2, 0.25) is 5.91 Å². The zero-order valence-electron chi connectivity index (χ0n) is 18.5. The van der Waals surface area contributed by atoms with Crippen LogP contribution in [-0.2, 0) is 17.9 Å². The Labute approximate surface area is 176 Å². The fourth-order valence-corrected chi connectivity index (χ4v) is 3.75. The van der Waals surface area contributed by atoms with Gasteiger partial charge in [0, 0.05) is 39.1 Å². The molecule has 1 heterocycles. The van der Waals surface area contributed by atoms with Crippen molar-refractivity contribution in [2.24, 2.45) is 4.99 Å². The second kappa shape index (κ2) is 13.2. The smallest absolute Gasteiger partial charge is 0.224 e. The Bertz CT molecular complexity index is 636. The molecule has 6 nitrogen and oxygen atoms in total. The van der Waals surface area contributed by atoms with Crippen molar-refractivity contribution in [3.63, 3.8) is 0 Å². The van der Waals surface area contributed by atoms with Crippen LogP contribution in [0.1, 0.15) is 57.6 Å². The molecule has 2 rings (SSSR count). The molecular weight excluding hydrogens is 362 g/mol. The number of hydrogen-bond donors (Lipinski definition) is 2. The summed E-state index contributed by atoms with van der Waals surface area (Å²) in [6.45, 7) is 13.0. The number of piperidine rings is 1. The number of guanidine groups is 1. The molecule has 0 aromatic heterocycles. The molecule has 1 amide bonds. The molecule has 1 aliphatic rings. The third kappa shape index (κ3) is 8.05. The molecule has 1 saturated heterocycles. The molecule has 0 spiro atoms. The first kappa shape index (κ1) is 23.2. The molecule has 0 saturated carbocycles. The van der Waals surface area contributed by atoms with Crippen LogP contribution in [0.5, 0.6) is 0 Å². The first-order valence-corrected chi connectivity index (χ1v) is 11.3. The minimum atomic E-state index is 0.185. The van der Waals surface area contributed by atoms with E-state index in [1.54, 1.807) is 0 Å². The zero-order valence-corrected chi connectivity index (χ0v) is 18.5. The topological polar surface area (TPSA) is 60.0 Å². The second-order valence-corrected chi connectivity index (χ2v) is 7.54. The van der Waals surface area contributed by atoms with Gasteiger partial charge < -0.3 is 15.5 Å². The van der Waals surface area contributed by atoms with E-state index in [0.717, 1.165) is 32.1 Å². The van der Waals surface area contributed by atoms with Crippen LogP contribution in [0.2, 0.25) is 0 Å². The van der Waals surface area contributed by atoms with Crippen LogP contribution < -0.4 is 10.6 Å². The number of carbonyl (C=O) groups excluding carboxylic acids is 1. The molecule has 0 unspecified atom stereocenters. The molecule has 1 fully saturated rings. The number of amides is 1. The lowest BCUT2D eigenvalue weighted by Crippen LogP contribution is -2.40. The summed E-state index contributed by atoms with van der Waals surface area (Å²) >= 11 is 0. The largest absolute Gasteiger partial charge is 0.357 e. The Morgan fingerprint density at radius 3 is 2.38 bits per heavy atom. The summed E-state index contributed by atoms with van der Waals surface area (Å²) in [5.41, 5.74) is 2.64. The molecule has 0 radical (unpaired) electrons. The Hall–Kier alpha value is -2.08. The van der Waals surface area contributed by atoms with Crippen LogP contribution in [0.15, 0.2) is 29.3 Å². The van der Waals surface area contributed by atoms with Gasteiger partial charge in [0.05, 0.1) is 6.54 Å². The quantitative estimate of drug-likeness (QED) is 0.467. The number of carbonyl (C=O) groups is 1. The zero-order chi connectivity index (χ0) is 20.9. The van der Waals surface area contributed by atoms with Crippen molar-refractivity contribution < 1.29 is 4.79 Å². The van der Waals surface area contributed by atoms with Crippen LogP contribution >= 0.6 is 0 Å². The van der Waals surface area contributed by atoms with Gasteiger partial charge in [-0.2, -0.15) is 0 Å². The number of aliphatic imine (C=N–C) groups is 1. The minimum absolute atomic E-state index is 0.185. The lowest BCUT2D eigenvalue weighted by Gasteiger charge is -2.27. The van der Waals surface area contributed by atoms with E-state index in [2.05, 4.69) is 46.7 Å². The maximum absolute atomic E-state index is 12.2. The maximum Gasteiger partial charge on any atom is 0.224 e. The molecule has 162 valence electrons. The van der Waals surface area contributed by atoms with Gasteiger partial charge in [-0.05, 0) is 57.8 Å². The fraction of sp³-hybridized carbons (Fsp3) is 0.652. The van der Waals surface area contributed by atoms with Crippen molar-refractivity contribution in [2.45, 2.75) is 59.5 Å². The van der Waals surface area contributed by atoms with Crippen LogP contribution in [0.4, 0.5) is 0 Å². The lowest BCUT2D eigenvalue weighted by molar-refractivity contribution is -0.130. The molecule has 2 N–H and O–H groups in total. The number of likely N-dealkylation sites (tertiary alicyclic amines) is 1. The first-order chi connectivity index (χ1) is 14.2. The molecule has 1 aliphatic heterocycles. The molecule has 1 aromatic carbocycles. The number of nitrogens with zero attached hydrogens (tertiary/aromatic N) is 3. The minimum Gasteiger partial charge on any atom is -0.357 e. The third-order valence-electron chi connectivity index (χ3n) is 5.46.